The minimum absolute atomic E-state index is 0. The van der Waals surface area contributed by atoms with Gasteiger partial charge in [-0.2, -0.15) is 0 Å². The van der Waals surface area contributed by atoms with Gasteiger partial charge < -0.3 is 10.5 Å². The van der Waals surface area contributed by atoms with E-state index in [1.54, 1.807) is 6.92 Å². The molecule has 60 valence electrons. The normalized spacial score (nSPS) is 7.80. The largest absolute Gasteiger partial charge is 0.461 e. The van der Waals surface area contributed by atoms with Crippen LogP contribution in [-0.4, -0.2) is 30.1 Å². The van der Waals surface area contributed by atoms with Crippen molar-refractivity contribution in [3.8, 4) is 0 Å². The van der Waals surface area contributed by atoms with Crippen LogP contribution in [0.2, 0.25) is 0 Å². The third-order valence-corrected chi connectivity index (χ3v) is 0.699. The molecule has 0 aliphatic carbocycles. The number of hydrogen-bond donors (Lipinski definition) is 1. The first-order valence-corrected chi connectivity index (χ1v) is 2.71. The van der Waals surface area contributed by atoms with E-state index in [1.807, 2.05) is 0 Å². The van der Waals surface area contributed by atoms with Crippen molar-refractivity contribution in [2.45, 2.75) is 6.92 Å². The zero-order valence-electron chi connectivity index (χ0n) is 5.52. The van der Waals surface area contributed by atoms with E-state index < -0.39 is 0 Å². The lowest BCUT2D eigenvalue weighted by Gasteiger charge is -1.99. The number of carbonyl (C=O) groups excluding carboxylic acids is 1. The molecule has 0 unspecified atom stereocenters. The maximum atomic E-state index is 10.5. The predicted octanol–water partition coefficient (Wildman–Crippen LogP) is -1.39. The van der Waals surface area contributed by atoms with Gasteiger partial charge in [-0.3, -0.25) is 0 Å². The Labute approximate surface area is 65.3 Å². The second kappa shape index (κ2) is 6.51. The fourth-order valence-corrected chi connectivity index (χ4v) is 0.275. The minimum Gasteiger partial charge on any atom is -0.461 e. The van der Waals surface area contributed by atoms with Crippen molar-refractivity contribution in [2.24, 2.45) is 5.73 Å². The van der Waals surface area contributed by atoms with Crippen molar-refractivity contribution in [1.82, 2.24) is 0 Å². The summed E-state index contributed by atoms with van der Waals surface area (Å²) >= 11 is 0. The smallest absolute Gasteiger partial charge is 0.333 e. The summed E-state index contributed by atoms with van der Waals surface area (Å²) < 4.78 is 4.59. The Hall–Kier alpha value is -0.613. The highest BCUT2D eigenvalue weighted by Gasteiger charge is 1.99. The number of nitrogens with two attached hydrogens (primary N) is 1. The van der Waals surface area contributed by atoms with Crippen LogP contribution >= 0.6 is 0 Å². The van der Waals surface area contributed by atoms with Crippen molar-refractivity contribution in [3.05, 3.63) is 12.2 Å². The summed E-state index contributed by atoms with van der Waals surface area (Å²) in [4.78, 5) is 10.5. The highest BCUT2D eigenvalue weighted by atomic mass is 28.1. The predicted molar refractivity (Wildman–Crippen MR) is 46.2 cm³/mol. The van der Waals surface area contributed by atoms with Crippen LogP contribution in [0.5, 0.6) is 0 Å². The molecule has 0 aromatic rings. The molecule has 0 amide bonds. The number of ether oxygens (including phenoxy) is 1. The molecular weight excluding hydrogens is 146 g/mol. The molecule has 0 heterocycles. The molecule has 0 fully saturated rings. The molecule has 0 atom stereocenters. The van der Waals surface area contributed by atoms with E-state index in [2.05, 4.69) is 11.3 Å². The van der Waals surface area contributed by atoms with Crippen molar-refractivity contribution in [3.63, 3.8) is 0 Å². The Kier molecular flexibility index (Phi) is 7.87. The summed E-state index contributed by atoms with van der Waals surface area (Å²) in [5, 5.41) is 0. The van der Waals surface area contributed by atoms with Gasteiger partial charge in [0.1, 0.15) is 6.61 Å². The Morgan fingerprint density at radius 3 is 2.50 bits per heavy atom. The van der Waals surface area contributed by atoms with Gasteiger partial charge >= 0.3 is 5.97 Å². The van der Waals surface area contributed by atoms with E-state index in [0.29, 0.717) is 12.1 Å². The molecule has 0 spiro atoms. The first kappa shape index (κ1) is 12.1. The highest BCUT2D eigenvalue weighted by Crippen LogP contribution is 1.89. The summed E-state index contributed by atoms with van der Waals surface area (Å²) in [5.41, 5.74) is 5.48. The first-order chi connectivity index (χ1) is 4.18. The molecule has 0 saturated carbocycles. The Bertz CT molecular complexity index is 125. The van der Waals surface area contributed by atoms with Crippen molar-refractivity contribution >= 4 is 16.9 Å². The summed E-state index contributed by atoms with van der Waals surface area (Å²) in [7, 11) is 0. The second-order valence-electron chi connectivity index (χ2n) is 1.70. The molecule has 0 rings (SSSR count). The van der Waals surface area contributed by atoms with Gasteiger partial charge in [-0.25, -0.2) is 4.79 Å². The first-order valence-electron chi connectivity index (χ1n) is 2.71. The molecular formula is C6H15NO2Si. The van der Waals surface area contributed by atoms with Crippen LogP contribution in [0.15, 0.2) is 12.2 Å². The average Bonchev–Trinajstić information content (AvgIpc) is 1.82. The second-order valence-corrected chi connectivity index (χ2v) is 1.70. The van der Waals surface area contributed by atoms with Crippen LogP contribution in [0, 0.1) is 0 Å². The molecule has 0 aromatic heterocycles. The molecule has 0 aromatic carbocycles. The maximum absolute atomic E-state index is 10.5. The summed E-state index contributed by atoms with van der Waals surface area (Å²) in [6.07, 6.45) is 0. The molecule has 0 saturated heterocycles. The third kappa shape index (κ3) is 5.52. The quantitative estimate of drug-likeness (QED) is 0.315. The van der Waals surface area contributed by atoms with E-state index >= 15 is 0 Å². The molecule has 3 nitrogen and oxygen atoms in total. The Morgan fingerprint density at radius 1 is 1.70 bits per heavy atom. The van der Waals surface area contributed by atoms with Crippen LogP contribution in [0.3, 0.4) is 0 Å². The zero-order valence-corrected chi connectivity index (χ0v) is 5.52. The molecule has 10 heavy (non-hydrogen) atoms. The number of carbonyl (C=O) groups is 1. The lowest BCUT2D eigenvalue weighted by Crippen LogP contribution is -2.13. The molecule has 0 radical (unpaired) electrons. The SMILES string of the molecule is C=C(C)C(=O)OCCN.[SiH4]. The highest BCUT2D eigenvalue weighted by molar-refractivity contribution is 5.86. The van der Waals surface area contributed by atoms with Gasteiger partial charge in [-0.05, 0) is 17.9 Å². The van der Waals surface area contributed by atoms with E-state index in [0.717, 1.165) is 0 Å². The lowest BCUT2D eigenvalue weighted by molar-refractivity contribution is -0.138. The topological polar surface area (TPSA) is 52.3 Å². The molecule has 0 aliphatic heterocycles. The Morgan fingerprint density at radius 2 is 2.20 bits per heavy atom. The maximum Gasteiger partial charge on any atom is 0.333 e. The third-order valence-electron chi connectivity index (χ3n) is 0.699. The van der Waals surface area contributed by atoms with E-state index in [9.17, 15) is 4.79 Å². The van der Waals surface area contributed by atoms with Gasteiger partial charge in [0, 0.05) is 12.1 Å². The number of hydrogen-bond acceptors (Lipinski definition) is 3. The summed E-state index contributed by atoms with van der Waals surface area (Å²) in [6.45, 7) is 5.62. The van der Waals surface area contributed by atoms with Crippen LogP contribution in [-0.2, 0) is 9.53 Å². The van der Waals surface area contributed by atoms with Crippen LogP contribution in [0.25, 0.3) is 0 Å². The van der Waals surface area contributed by atoms with Crippen molar-refractivity contribution in [1.29, 1.82) is 0 Å². The number of esters is 1. The van der Waals surface area contributed by atoms with Crippen LogP contribution < -0.4 is 5.73 Å². The molecule has 4 heteroatoms. The molecule has 0 aliphatic rings. The summed E-state index contributed by atoms with van der Waals surface area (Å²) in [5.74, 6) is -0.375. The van der Waals surface area contributed by atoms with Crippen LogP contribution in [0.4, 0.5) is 0 Å². The van der Waals surface area contributed by atoms with Gasteiger partial charge in [-0.1, -0.05) is 6.58 Å². The Balaban J connectivity index is 0. The van der Waals surface area contributed by atoms with Crippen LogP contribution in [0.1, 0.15) is 6.92 Å². The van der Waals surface area contributed by atoms with Crippen molar-refractivity contribution in [2.75, 3.05) is 13.2 Å². The van der Waals surface area contributed by atoms with Gasteiger partial charge in [0.15, 0.2) is 0 Å². The van der Waals surface area contributed by atoms with Crippen molar-refractivity contribution < 1.29 is 9.53 Å². The number of rotatable bonds is 3. The fraction of sp³-hybridized carbons (Fsp3) is 0.500. The van der Waals surface area contributed by atoms with Gasteiger partial charge in [-0.15, -0.1) is 0 Å². The fourth-order valence-electron chi connectivity index (χ4n) is 0.275. The average molecular weight is 161 g/mol. The molecule has 0 bridgehead atoms. The van der Waals surface area contributed by atoms with E-state index in [1.165, 1.54) is 0 Å². The monoisotopic (exact) mass is 161 g/mol. The molecule has 2 N–H and O–H groups in total. The van der Waals surface area contributed by atoms with E-state index in [-0.39, 0.29) is 23.5 Å². The lowest BCUT2D eigenvalue weighted by atomic mass is 10.4. The van der Waals surface area contributed by atoms with Gasteiger partial charge in [0.25, 0.3) is 0 Å². The standard InChI is InChI=1S/C6H11NO2.H4Si/c1-5(2)6(8)9-4-3-7;/h1,3-4,7H2,2H3;1H4. The van der Waals surface area contributed by atoms with E-state index in [4.69, 9.17) is 5.73 Å². The summed E-state index contributed by atoms with van der Waals surface area (Å²) in [6, 6.07) is 0. The van der Waals surface area contributed by atoms with Gasteiger partial charge in [0.05, 0.1) is 0 Å². The minimum atomic E-state index is -0.375. The zero-order chi connectivity index (χ0) is 7.28. The van der Waals surface area contributed by atoms with Gasteiger partial charge in [0.2, 0.25) is 0 Å².